The number of alkyl halides is 3. The Labute approximate surface area is 186 Å². The molecule has 0 saturated heterocycles. The summed E-state index contributed by atoms with van der Waals surface area (Å²) in [7, 11) is -9.07. The molecule has 182 valence electrons. The molecular weight excluding hydrogens is 493 g/mol. The average molecular weight is 513 g/mol. The van der Waals surface area contributed by atoms with E-state index in [1.807, 2.05) is 0 Å². The zero-order valence-electron chi connectivity index (χ0n) is 17.0. The quantitative estimate of drug-likeness (QED) is 0.311. The molecule has 0 aliphatic carbocycles. The number of hydrogen-bond donors (Lipinski definition) is 3. The van der Waals surface area contributed by atoms with E-state index in [4.69, 9.17) is 4.89 Å². The highest BCUT2D eigenvalue weighted by atomic mass is 32.2. The van der Waals surface area contributed by atoms with E-state index in [9.17, 15) is 35.1 Å². The standard InChI is InChI=1S/C18H20F4N3O6PS/c1-33(29,30)24-10-14-7-6-13(9-23-14)11-2-4-12(5-3-11)16(31-32(22,27)28)15(8-19)25-18(26)17(20)21/h2-7,9,15-17,24H,8,10H2,1H3,(H,25,26)(H,27,28)/t15-,16-/m1/s1. The van der Waals surface area contributed by atoms with E-state index in [0.29, 0.717) is 16.8 Å². The van der Waals surface area contributed by atoms with Gasteiger partial charge in [-0.05, 0) is 17.2 Å². The number of hydrogen-bond acceptors (Lipinski definition) is 6. The highest BCUT2D eigenvalue weighted by Crippen LogP contribution is 2.49. The molecule has 1 aromatic carbocycles. The molecule has 0 radical (unpaired) electrons. The predicted octanol–water partition coefficient (Wildman–Crippen LogP) is 2.64. The molecule has 1 unspecified atom stereocenters. The Morgan fingerprint density at radius 2 is 1.79 bits per heavy atom. The Bertz CT molecular complexity index is 1100. The monoisotopic (exact) mass is 513 g/mol. The van der Waals surface area contributed by atoms with Crippen molar-refractivity contribution in [3.63, 3.8) is 0 Å². The van der Waals surface area contributed by atoms with E-state index in [0.717, 1.165) is 6.26 Å². The third kappa shape index (κ3) is 8.82. The van der Waals surface area contributed by atoms with Gasteiger partial charge < -0.3 is 5.32 Å². The van der Waals surface area contributed by atoms with Crippen molar-refractivity contribution in [2.45, 2.75) is 25.1 Å². The number of aromatic nitrogens is 1. The van der Waals surface area contributed by atoms with Gasteiger partial charge >= 0.3 is 14.3 Å². The summed E-state index contributed by atoms with van der Waals surface area (Å²) in [4.78, 5) is 24.3. The largest absolute Gasteiger partial charge is 0.511 e. The van der Waals surface area contributed by atoms with Crippen molar-refractivity contribution in [3.05, 3.63) is 53.9 Å². The van der Waals surface area contributed by atoms with Crippen LogP contribution in [0.15, 0.2) is 42.6 Å². The second-order valence-corrected chi connectivity index (χ2v) is 9.75. The minimum Gasteiger partial charge on any atom is -0.343 e. The molecule has 0 spiro atoms. The molecule has 0 fully saturated rings. The van der Waals surface area contributed by atoms with Crippen molar-refractivity contribution in [2.24, 2.45) is 0 Å². The second kappa shape index (κ2) is 11.2. The van der Waals surface area contributed by atoms with Crippen LogP contribution in [0.2, 0.25) is 0 Å². The van der Waals surface area contributed by atoms with E-state index in [-0.39, 0.29) is 12.1 Å². The van der Waals surface area contributed by atoms with Crippen molar-refractivity contribution in [3.8, 4) is 11.1 Å². The number of nitrogens with zero attached hydrogens (tertiary/aromatic N) is 1. The average Bonchev–Trinajstić information content (AvgIpc) is 2.73. The van der Waals surface area contributed by atoms with Gasteiger partial charge in [0.1, 0.15) is 12.8 Å². The molecule has 0 aliphatic rings. The highest BCUT2D eigenvalue weighted by molar-refractivity contribution is 7.88. The molecule has 15 heteroatoms. The maximum absolute atomic E-state index is 13.4. The Morgan fingerprint density at radius 1 is 1.18 bits per heavy atom. The number of halogens is 4. The van der Waals surface area contributed by atoms with Crippen LogP contribution in [-0.4, -0.2) is 49.6 Å². The number of benzene rings is 1. The molecule has 0 aliphatic heterocycles. The number of nitrogens with one attached hydrogen (secondary N) is 2. The highest BCUT2D eigenvalue weighted by Gasteiger charge is 2.34. The summed E-state index contributed by atoms with van der Waals surface area (Å²) in [6.45, 7) is -1.51. The van der Waals surface area contributed by atoms with Crippen LogP contribution in [0.25, 0.3) is 11.1 Å². The van der Waals surface area contributed by atoms with E-state index in [1.165, 1.54) is 30.5 Å². The summed E-state index contributed by atoms with van der Waals surface area (Å²) in [5, 5.41) is 1.62. The molecular formula is C18H20F4N3O6PS. The summed E-state index contributed by atoms with van der Waals surface area (Å²) in [6, 6.07) is 6.77. The van der Waals surface area contributed by atoms with Gasteiger partial charge in [0, 0.05) is 11.8 Å². The first-order chi connectivity index (χ1) is 15.3. The molecule has 1 amide bonds. The lowest BCUT2D eigenvalue weighted by molar-refractivity contribution is -0.133. The lowest BCUT2D eigenvalue weighted by Gasteiger charge is -2.26. The molecule has 2 rings (SSSR count). The second-order valence-electron chi connectivity index (χ2n) is 6.80. The smallest absolute Gasteiger partial charge is 0.343 e. The minimum absolute atomic E-state index is 0.0174. The van der Waals surface area contributed by atoms with Gasteiger partial charge in [0.2, 0.25) is 10.0 Å². The van der Waals surface area contributed by atoms with Gasteiger partial charge in [-0.3, -0.25) is 19.2 Å². The van der Waals surface area contributed by atoms with Gasteiger partial charge in [-0.1, -0.05) is 30.3 Å². The molecule has 2 aromatic rings. The van der Waals surface area contributed by atoms with Crippen LogP contribution in [0.1, 0.15) is 17.4 Å². The van der Waals surface area contributed by atoms with Gasteiger partial charge in [-0.25, -0.2) is 22.1 Å². The van der Waals surface area contributed by atoms with Crippen LogP contribution < -0.4 is 10.0 Å². The zero-order chi connectivity index (χ0) is 24.8. The maximum Gasteiger partial charge on any atom is 0.511 e. The van der Waals surface area contributed by atoms with Crippen LogP contribution in [0.3, 0.4) is 0 Å². The lowest BCUT2D eigenvalue weighted by atomic mass is 9.99. The number of carbonyl (C=O) groups excluding carboxylic acids is 1. The fourth-order valence-corrected chi connectivity index (χ4v) is 3.68. The third-order valence-corrected chi connectivity index (χ3v) is 5.37. The fraction of sp³-hybridized carbons (Fsp3) is 0.333. The van der Waals surface area contributed by atoms with Crippen LogP contribution >= 0.6 is 7.91 Å². The van der Waals surface area contributed by atoms with Crippen molar-refractivity contribution >= 4 is 23.8 Å². The van der Waals surface area contributed by atoms with Crippen molar-refractivity contribution in [1.29, 1.82) is 0 Å². The Balaban J connectivity index is 2.25. The summed E-state index contributed by atoms with van der Waals surface area (Å²) in [5.41, 5.74) is 1.50. The van der Waals surface area contributed by atoms with E-state index < -0.39 is 49.1 Å². The topological polar surface area (TPSA) is 135 Å². The van der Waals surface area contributed by atoms with Crippen LogP contribution in [0, 0.1) is 0 Å². The molecule has 1 aromatic heterocycles. The van der Waals surface area contributed by atoms with Crippen LogP contribution in [-0.2, 0) is 30.5 Å². The summed E-state index contributed by atoms with van der Waals surface area (Å²) >= 11 is 0. The first-order valence-corrected chi connectivity index (χ1v) is 12.5. The van der Waals surface area contributed by atoms with Crippen molar-refractivity contribution < 1.29 is 44.6 Å². The number of rotatable bonds is 11. The van der Waals surface area contributed by atoms with Gasteiger partial charge in [0.15, 0.2) is 0 Å². The van der Waals surface area contributed by atoms with Crippen LogP contribution in [0.4, 0.5) is 17.4 Å². The Kier molecular flexibility index (Phi) is 9.09. The van der Waals surface area contributed by atoms with Gasteiger partial charge in [-0.15, -0.1) is 4.20 Å². The summed E-state index contributed by atoms with van der Waals surface area (Å²) in [5.74, 6) is -1.86. The van der Waals surface area contributed by atoms with E-state index >= 15 is 0 Å². The van der Waals surface area contributed by atoms with E-state index in [2.05, 4.69) is 14.2 Å². The number of pyridine rings is 1. The van der Waals surface area contributed by atoms with Crippen LogP contribution in [0.5, 0.6) is 0 Å². The normalized spacial score (nSPS) is 15.6. The minimum atomic E-state index is -5.68. The first-order valence-electron chi connectivity index (χ1n) is 9.14. The molecule has 0 bridgehead atoms. The molecule has 1 heterocycles. The van der Waals surface area contributed by atoms with Crippen molar-refractivity contribution in [1.82, 2.24) is 15.0 Å². The number of sulfonamides is 1. The van der Waals surface area contributed by atoms with Gasteiger partial charge in [0.05, 0.1) is 24.5 Å². The molecule has 0 saturated carbocycles. The first kappa shape index (κ1) is 26.9. The Hall–Kier alpha value is -2.38. The maximum atomic E-state index is 13.4. The molecule has 3 atom stereocenters. The summed E-state index contributed by atoms with van der Waals surface area (Å²) in [6.07, 6.45) is -2.92. The molecule has 3 N–H and O–H groups in total. The van der Waals surface area contributed by atoms with E-state index in [1.54, 1.807) is 17.4 Å². The fourth-order valence-electron chi connectivity index (χ4n) is 2.72. The molecule has 33 heavy (non-hydrogen) atoms. The zero-order valence-corrected chi connectivity index (χ0v) is 18.7. The number of amides is 1. The van der Waals surface area contributed by atoms with Gasteiger partial charge in [0.25, 0.3) is 5.91 Å². The van der Waals surface area contributed by atoms with Crippen molar-refractivity contribution in [2.75, 3.05) is 12.9 Å². The molecule has 9 nitrogen and oxygen atoms in total. The number of carbonyl (C=O) groups is 1. The van der Waals surface area contributed by atoms with Gasteiger partial charge in [-0.2, -0.15) is 8.78 Å². The SMILES string of the molecule is CS(=O)(=O)NCc1ccc(-c2ccc([C@@H](OP(=O)(O)F)[C@@H](CF)NC(=O)C(F)F)cc2)cn1. The predicted molar refractivity (Wildman–Crippen MR) is 110 cm³/mol. The lowest BCUT2D eigenvalue weighted by Crippen LogP contribution is -2.44. The third-order valence-electron chi connectivity index (χ3n) is 4.21. The Morgan fingerprint density at radius 3 is 2.24 bits per heavy atom. The summed E-state index contributed by atoms with van der Waals surface area (Å²) < 4.78 is 91.8.